The molecule has 1 aliphatic rings. The number of rotatable bonds is 2. The Labute approximate surface area is 163 Å². The Morgan fingerprint density at radius 3 is 2.59 bits per heavy atom. The summed E-state index contributed by atoms with van der Waals surface area (Å²) in [7, 11) is 2.05. The van der Waals surface area contributed by atoms with Crippen LogP contribution in [0.2, 0.25) is 0 Å². The SMILES string of the molecule is [2H]c1c(C)[n+](C)c(-c2cc(C3CCCCC3)ccc2C)c2ccc([N+]#[C-])cc12. The molecule has 0 amide bonds. The molecule has 3 aromatic rings. The molecule has 0 saturated heterocycles. The highest BCUT2D eigenvalue weighted by Crippen LogP contribution is 2.37. The van der Waals surface area contributed by atoms with Crippen molar-refractivity contribution in [2.75, 3.05) is 0 Å². The van der Waals surface area contributed by atoms with Gasteiger partial charge >= 0.3 is 0 Å². The molecule has 1 saturated carbocycles. The Morgan fingerprint density at radius 1 is 1.07 bits per heavy atom. The Hall–Kier alpha value is -2.66. The molecule has 2 nitrogen and oxygen atoms in total. The van der Waals surface area contributed by atoms with Crippen molar-refractivity contribution in [3.05, 3.63) is 70.7 Å². The van der Waals surface area contributed by atoms with Crippen LogP contribution < -0.4 is 4.57 Å². The summed E-state index contributed by atoms with van der Waals surface area (Å²) < 4.78 is 10.7. The molecule has 2 aromatic carbocycles. The van der Waals surface area contributed by atoms with Gasteiger partial charge in [-0.05, 0) is 54.3 Å². The molecule has 1 heterocycles. The van der Waals surface area contributed by atoms with E-state index in [4.69, 9.17) is 7.94 Å². The lowest BCUT2D eigenvalue weighted by molar-refractivity contribution is -0.665. The number of benzene rings is 2. The highest BCUT2D eigenvalue weighted by Gasteiger charge is 2.22. The van der Waals surface area contributed by atoms with Gasteiger partial charge in [0.25, 0.3) is 0 Å². The topological polar surface area (TPSA) is 8.24 Å². The quantitative estimate of drug-likeness (QED) is 0.364. The average molecular weight is 357 g/mol. The van der Waals surface area contributed by atoms with Crippen LogP contribution in [0.4, 0.5) is 5.69 Å². The third-order valence-corrected chi connectivity index (χ3v) is 6.13. The van der Waals surface area contributed by atoms with E-state index in [2.05, 4.69) is 41.6 Å². The van der Waals surface area contributed by atoms with Crippen LogP contribution in [0.3, 0.4) is 0 Å². The number of fused-ring (bicyclic) bond motifs is 1. The van der Waals surface area contributed by atoms with E-state index in [1.54, 1.807) is 0 Å². The lowest BCUT2D eigenvalue weighted by atomic mass is 9.82. The molecule has 0 aliphatic heterocycles. The summed E-state index contributed by atoms with van der Waals surface area (Å²) in [6.45, 7) is 11.5. The van der Waals surface area contributed by atoms with Crippen LogP contribution >= 0.6 is 0 Å². The van der Waals surface area contributed by atoms with Crippen molar-refractivity contribution in [2.24, 2.45) is 7.05 Å². The van der Waals surface area contributed by atoms with Gasteiger partial charge in [-0.2, -0.15) is 4.57 Å². The molecule has 0 N–H and O–H groups in total. The molecule has 0 spiro atoms. The predicted molar refractivity (Wildman–Crippen MR) is 112 cm³/mol. The van der Waals surface area contributed by atoms with E-state index < -0.39 is 0 Å². The Morgan fingerprint density at radius 2 is 1.85 bits per heavy atom. The molecule has 27 heavy (non-hydrogen) atoms. The second kappa shape index (κ2) is 7.16. The number of aryl methyl sites for hydroxylation is 1. The summed E-state index contributed by atoms with van der Waals surface area (Å²) in [4.78, 5) is 3.57. The van der Waals surface area contributed by atoms with E-state index >= 15 is 0 Å². The van der Waals surface area contributed by atoms with Crippen molar-refractivity contribution in [2.45, 2.75) is 51.9 Å². The molecule has 0 radical (unpaired) electrons. The van der Waals surface area contributed by atoms with Gasteiger partial charge in [-0.3, -0.25) is 0 Å². The second-order valence-corrected chi connectivity index (χ2v) is 7.87. The fourth-order valence-corrected chi connectivity index (χ4v) is 4.45. The average Bonchev–Trinajstić information content (AvgIpc) is 2.74. The molecule has 0 bridgehead atoms. The minimum Gasteiger partial charge on any atom is -0.238 e. The van der Waals surface area contributed by atoms with E-state index in [0.29, 0.717) is 17.6 Å². The summed E-state index contributed by atoms with van der Waals surface area (Å²) in [6.07, 6.45) is 6.60. The molecule has 1 aromatic heterocycles. The zero-order valence-corrected chi connectivity index (χ0v) is 16.5. The standard InChI is InChI=1S/C25H27N2/c1-17-10-11-20(19-8-6-5-7-9-19)16-24(17)25-23-13-12-22(26-3)15-21(23)14-18(2)27(25)4/h10-16,19H,5-9H2,1-2,4H3/q+1/i14D. The highest BCUT2D eigenvalue weighted by molar-refractivity contribution is 5.95. The van der Waals surface area contributed by atoms with Crippen molar-refractivity contribution in [1.82, 2.24) is 0 Å². The largest absolute Gasteiger partial charge is 0.238 e. The van der Waals surface area contributed by atoms with E-state index in [-0.39, 0.29) is 0 Å². The van der Waals surface area contributed by atoms with Crippen LogP contribution in [0.5, 0.6) is 0 Å². The predicted octanol–water partition coefficient (Wildman–Crippen LogP) is 6.55. The van der Waals surface area contributed by atoms with E-state index in [1.165, 1.54) is 48.8 Å². The summed E-state index contributed by atoms with van der Waals surface area (Å²) >= 11 is 0. The summed E-state index contributed by atoms with van der Waals surface area (Å²) in [5.74, 6) is 0.662. The van der Waals surface area contributed by atoms with Crippen LogP contribution in [0.1, 0.15) is 56.2 Å². The molecule has 1 fully saturated rings. The first-order valence-corrected chi connectivity index (χ1v) is 9.92. The van der Waals surface area contributed by atoms with Crippen molar-refractivity contribution in [1.29, 1.82) is 0 Å². The van der Waals surface area contributed by atoms with Gasteiger partial charge in [0.2, 0.25) is 5.69 Å². The third-order valence-electron chi connectivity index (χ3n) is 6.13. The molecular weight excluding hydrogens is 328 g/mol. The van der Waals surface area contributed by atoms with Gasteiger partial charge in [-0.25, -0.2) is 4.85 Å². The smallest absolute Gasteiger partial charge is 0.220 e. The van der Waals surface area contributed by atoms with E-state index in [0.717, 1.165) is 22.2 Å². The minimum absolute atomic E-state index is 0.507. The first-order chi connectivity index (χ1) is 13.5. The molecule has 4 rings (SSSR count). The van der Waals surface area contributed by atoms with Gasteiger partial charge in [0.1, 0.15) is 7.05 Å². The lowest BCUT2D eigenvalue weighted by Gasteiger charge is -2.23. The summed E-state index contributed by atoms with van der Waals surface area (Å²) in [6, 6.07) is 13.2. The zero-order chi connectivity index (χ0) is 19.8. The van der Waals surface area contributed by atoms with Gasteiger partial charge in [0, 0.05) is 18.5 Å². The van der Waals surface area contributed by atoms with Crippen molar-refractivity contribution in [3.8, 4) is 11.3 Å². The van der Waals surface area contributed by atoms with E-state index in [9.17, 15) is 0 Å². The van der Waals surface area contributed by atoms with Crippen molar-refractivity contribution < 1.29 is 5.94 Å². The molecule has 1 aliphatic carbocycles. The highest BCUT2D eigenvalue weighted by atomic mass is 14.9. The first-order valence-electron chi connectivity index (χ1n) is 10.4. The fourth-order valence-electron chi connectivity index (χ4n) is 4.45. The van der Waals surface area contributed by atoms with Crippen molar-refractivity contribution >= 4 is 16.5 Å². The van der Waals surface area contributed by atoms with Crippen molar-refractivity contribution in [3.63, 3.8) is 0 Å². The molecular formula is C25H27N2+. The summed E-state index contributed by atoms with van der Waals surface area (Å²) in [5, 5.41) is 1.91. The Kier molecular flexibility index (Phi) is 4.38. The normalized spacial score (nSPS) is 15.6. The zero-order valence-electron chi connectivity index (χ0n) is 17.5. The van der Waals surface area contributed by atoms with Gasteiger partial charge in [0.15, 0.2) is 11.4 Å². The summed E-state index contributed by atoms with van der Waals surface area (Å²) in [5.41, 5.74) is 6.60. The van der Waals surface area contributed by atoms with Gasteiger partial charge < -0.3 is 0 Å². The fraction of sp³-hybridized carbons (Fsp3) is 0.360. The monoisotopic (exact) mass is 356 g/mol. The number of aromatic nitrogens is 1. The van der Waals surface area contributed by atoms with E-state index in [1.807, 2.05) is 25.1 Å². The third kappa shape index (κ3) is 3.23. The van der Waals surface area contributed by atoms with Gasteiger partial charge in [-0.15, -0.1) is 0 Å². The lowest BCUT2D eigenvalue weighted by Crippen LogP contribution is -2.35. The van der Waals surface area contributed by atoms with Crippen LogP contribution in [0, 0.1) is 20.4 Å². The number of hydrogen-bond acceptors (Lipinski definition) is 0. The maximum absolute atomic E-state index is 8.59. The number of nitrogens with zero attached hydrogens (tertiary/aromatic N) is 2. The Balaban J connectivity index is 1.97. The van der Waals surface area contributed by atoms with Gasteiger partial charge in [-0.1, -0.05) is 43.5 Å². The Bertz CT molecular complexity index is 1100. The maximum Gasteiger partial charge on any atom is 0.220 e. The number of pyridine rings is 1. The molecule has 136 valence electrons. The molecule has 2 heteroatoms. The van der Waals surface area contributed by atoms with Crippen LogP contribution in [-0.4, -0.2) is 0 Å². The number of hydrogen-bond donors (Lipinski definition) is 0. The molecule has 0 atom stereocenters. The van der Waals surface area contributed by atoms with Crippen LogP contribution in [0.15, 0.2) is 42.4 Å². The first kappa shape index (κ1) is 16.5. The van der Waals surface area contributed by atoms with Crippen LogP contribution in [-0.2, 0) is 7.05 Å². The second-order valence-electron chi connectivity index (χ2n) is 7.87. The maximum atomic E-state index is 8.59. The molecule has 0 unspecified atom stereocenters. The minimum atomic E-state index is 0.507. The van der Waals surface area contributed by atoms with Gasteiger partial charge in [0.05, 0.1) is 13.3 Å². The van der Waals surface area contributed by atoms with Crippen LogP contribution in [0.25, 0.3) is 26.9 Å².